The van der Waals surface area contributed by atoms with Crippen LogP contribution in [0.2, 0.25) is 0 Å². The predicted molar refractivity (Wildman–Crippen MR) is 56.3 cm³/mol. The zero-order chi connectivity index (χ0) is 10.7. The summed E-state index contributed by atoms with van der Waals surface area (Å²) >= 11 is 5.87. The number of rotatable bonds is 3. The minimum Gasteiger partial charge on any atom is -0.393 e. The van der Waals surface area contributed by atoms with Gasteiger partial charge in [-0.2, -0.15) is 0 Å². The average molecular weight is 220 g/mol. The first-order chi connectivity index (χ1) is 6.56. The fraction of sp³-hybridized carbons (Fsp3) is 0.900. The first kappa shape index (κ1) is 11.8. The fourth-order valence-corrected chi connectivity index (χ4v) is 1.89. The van der Waals surface area contributed by atoms with Crippen LogP contribution < -0.4 is 0 Å². The maximum atomic E-state index is 11.7. The van der Waals surface area contributed by atoms with E-state index in [9.17, 15) is 9.90 Å². The van der Waals surface area contributed by atoms with Crippen molar-refractivity contribution in [1.29, 1.82) is 0 Å². The van der Waals surface area contributed by atoms with E-state index in [1.165, 1.54) is 0 Å². The summed E-state index contributed by atoms with van der Waals surface area (Å²) in [5, 5.41) is 8.98. The van der Waals surface area contributed by atoms with Crippen LogP contribution in [-0.2, 0) is 4.79 Å². The van der Waals surface area contributed by atoms with Gasteiger partial charge in [-0.3, -0.25) is 4.79 Å². The first-order valence-electron chi connectivity index (χ1n) is 5.17. The number of carbonyl (C=O) groups excluding carboxylic acids is 1. The molecule has 0 aromatic heterocycles. The monoisotopic (exact) mass is 219 g/mol. The molecule has 1 fully saturated rings. The molecule has 0 spiro atoms. The van der Waals surface area contributed by atoms with Crippen molar-refractivity contribution in [2.24, 2.45) is 5.92 Å². The molecule has 0 unspecified atom stereocenters. The molecule has 1 heterocycles. The van der Waals surface area contributed by atoms with Crippen LogP contribution in [0.5, 0.6) is 0 Å². The molecule has 0 aliphatic carbocycles. The van der Waals surface area contributed by atoms with E-state index in [-0.39, 0.29) is 17.9 Å². The summed E-state index contributed by atoms with van der Waals surface area (Å²) in [6.45, 7) is 5.06. The van der Waals surface area contributed by atoms with Gasteiger partial charge in [-0.25, -0.2) is 0 Å². The maximum Gasteiger partial charge on any atom is 0.240 e. The Bertz CT molecular complexity index is 208. The smallest absolute Gasteiger partial charge is 0.240 e. The summed E-state index contributed by atoms with van der Waals surface area (Å²) in [6, 6.07) is 0. The Morgan fingerprint density at radius 2 is 2.36 bits per heavy atom. The largest absolute Gasteiger partial charge is 0.393 e. The molecule has 1 saturated heterocycles. The lowest BCUT2D eigenvalue weighted by atomic mass is 10.0. The van der Waals surface area contributed by atoms with Crippen molar-refractivity contribution in [3.05, 3.63) is 0 Å². The van der Waals surface area contributed by atoms with E-state index < -0.39 is 5.38 Å². The Hall–Kier alpha value is -0.280. The van der Waals surface area contributed by atoms with Crippen molar-refractivity contribution in [3.63, 3.8) is 0 Å². The van der Waals surface area contributed by atoms with Gasteiger partial charge in [0.2, 0.25) is 5.91 Å². The van der Waals surface area contributed by atoms with Crippen LogP contribution >= 0.6 is 11.6 Å². The minimum absolute atomic E-state index is 0.0114. The van der Waals surface area contributed by atoms with E-state index >= 15 is 0 Å². The Balaban J connectivity index is 2.45. The van der Waals surface area contributed by atoms with Crippen LogP contribution in [0.4, 0.5) is 0 Å². The van der Waals surface area contributed by atoms with Gasteiger partial charge >= 0.3 is 0 Å². The van der Waals surface area contributed by atoms with Gasteiger partial charge in [-0.05, 0) is 19.8 Å². The van der Waals surface area contributed by atoms with E-state index in [0.29, 0.717) is 13.0 Å². The third kappa shape index (κ3) is 2.61. The van der Waals surface area contributed by atoms with Gasteiger partial charge in [0.05, 0.1) is 6.10 Å². The number of aliphatic hydroxyl groups is 1. The number of nitrogens with zero attached hydrogens (tertiary/aromatic N) is 1. The van der Waals surface area contributed by atoms with Gasteiger partial charge in [0.15, 0.2) is 0 Å². The summed E-state index contributed by atoms with van der Waals surface area (Å²) < 4.78 is 0. The Morgan fingerprint density at radius 1 is 1.71 bits per heavy atom. The quantitative estimate of drug-likeness (QED) is 0.726. The lowest BCUT2D eigenvalue weighted by Crippen LogP contribution is -2.35. The van der Waals surface area contributed by atoms with Gasteiger partial charge in [-0.15, -0.1) is 11.6 Å². The second-order valence-corrected chi connectivity index (χ2v) is 4.48. The summed E-state index contributed by atoms with van der Waals surface area (Å²) in [7, 11) is 0. The van der Waals surface area contributed by atoms with Crippen molar-refractivity contribution in [2.75, 3.05) is 13.1 Å². The third-order valence-electron chi connectivity index (χ3n) is 2.84. The molecule has 3 atom stereocenters. The molecule has 0 aromatic carbocycles. The van der Waals surface area contributed by atoms with Gasteiger partial charge in [-0.1, -0.05) is 6.92 Å². The summed E-state index contributed by atoms with van der Waals surface area (Å²) in [5.74, 6) is 0.233. The molecule has 1 amide bonds. The van der Waals surface area contributed by atoms with E-state index in [0.717, 1.165) is 13.0 Å². The molecule has 0 aromatic rings. The molecule has 0 saturated carbocycles. The highest BCUT2D eigenvalue weighted by Gasteiger charge is 2.31. The number of halogens is 1. The Kier molecular flexibility index (Phi) is 4.20. The molecule has 0 radical (unpaired) electrons. The lowest BCUT2D eigenvalue weighted by Gasteiger charge is -2.19. The highest BCUT2D eigenvalue weighted by Crippen LogP contribution is 2.21. The normalized spacial score (nSPS) is 26.3. The maximum absolute atomic E-state index is 11.7. The highest BCUT2D eigenvalue weighted by atomic mass is 35.5. The zero-order valence-corrected chi connectivity index (χ0v) is 9.50. The third-order valence-corrected chi connectivity index (χ3v) is 3.34. The number of hydrogen-bond donors (Lipinski definition) is 1. The lowest BCUT2D eigenvalue weighted by molar-refractivity contribution is -0.130. The van der Waals surface area contributed by atoms with E-state index in [1.54, 1.807) is 11.8 Å². The van der Waals surface area contributed by atoms with Crippen molar-refractivity contribution >= 4 is 17.5 Å². The molecule has 1 rings (SSSR count). The molecule has 82 valence electrons. The van der Waals surface area contributed by atoms with Gasteiger partial charge in [0, 0.05) is 19.0 Å². The van der Waals surface area contributed by atoms with Crippen molar-refractivity contribution in [1.82, 2.24) is 4.90 Å². The van der Waals surface area contributed by atoms with Crippen molar-refractivity contribution in [2.45, 2.75) is 38.2 Å². The SMILES string of the molecule is CC[C@H](Cl)C(=O)N1CC[C@@H]([C@H](C)O)C1. The molecule has 1 N–H and O–H groups in total. The highest BCUT2D eigenvalue weighted by molar-refractivity contribution is 6.30. The van der Waals surface area contributed by atoms with Crippen molar-refractivity contribution in [3.8, 4) is 0 Å². The number of amides is 1. The number of carbonyl (C=O) groups is 1. The van der Waals surface area contributed by atoms with Gasteiger partial charge in [0.25, 0.3) is 0 Å². The molecular weight excluding hydrogens is 202 g/mol. The van der Waals surface area contributed by atoms with E-state index in [4.69, 9.17) is 11.6 Å². The van der Waals surface area contributed by atoms with Crippen molar-refractivity contribution < 1.29 is 9.90 Å². The van der Waals surface area contributed by atoms with Gasteiger partial charge in [0.1, 0.15) is 5.38 Å². The molecule has 3 nitrogen and oxygen atoms in total. The predicted octanol–water partition coefficient (Wildman–Crippen LogP) is 1.23. The van der Waals surface area contributed by atoms with Crippen LogP contribution in [0.1, 0.15) is 26.7 Å². The molecular formula is C10H18ClNO2. The second-order valence-electron chi connectivity index (χ2n) is 3.95. The molecule has 14 heavy (non-hydrogen) atoms. The number of likely N-dealkylation sites (tertiary alicyclic amines) is 1. The molecule has 1 aliphatic rings. The topological polar surface area (TPSA) is 40.5 Å². The number of hydrogen-bond acceptors (Lipinski definition) is 2. The average Bonchev–Trinajstić information content (AvgIpc) is 2.64. The van der Waals surface area contributed by atoms with Crippen LogP contribution in [0.15, 0.2) is 0 Å². The number of aliphatic hydroxyl groups excluding tert-OH is 1. The summed E-state index contributed by atoms with van der Waals surface area (Å²) in [5.41, 5.74) is 0. The van der Waals surface area contributed by atoms with E-state index in [2.05, 4.69) is 0 Å². The zero-order valence-electron chi connectivity index (χ0n) is 8.74. The van der Waals surface area contributed by atoms with Crippen LogP contribution in [0, 0.1) is 5.92 Å². The van der Waals surface area contributed by atoms with Crippen LogP contribution in [-0.4, -0.2) is 40.5 Å². The summed E-state index contributed by atoms with van der Waals surface area (Å²) in [4.78, 5) is 13.4. The summed E-state index contributed by atoms with van der Waals surface area (Å²) in [6.07, 6.45) is 1.22. The van der Waals surface area contributed by atoms with Crippen LogP contribution in [0.25, 0.3) is 0 Å². The molecule has 1 aliphatic heterocycles. The number of alkyl halides is 1. The molecule has 0 bridgehead atoms. The first-order valence-corrected chi connectivity index (χ1v) is 5.60. The van der Waals surface area contributed by atoms with Gasteiger partial charge < -0.3 is 10.0 Å². The molecule has 4 heteroatoms. The fourth-order valence-electron chi connectivity index (χ4n) is 1.75. The second kappa shape index (κ2) is 4.99. The van der Waals surface area contributed by atoms with Crippen LogP contribution in [0.3, 0.4) is 0 Å². The minimum atomic E-state index is -0.400. The Labute approximate surface area is 90.0 Å². The standard InChI is InChI=1S/C10H18ClNO2/c1-3-9(11)10(14)12-5-4-8(6-12)7(2)13/h7-9,13H,3-6H2,1-2H3/t7-,8+,9-/m0/s1. The Morgan fingerprint density at radius 3 is 2.79 bits per heavy atom. The van der Waals surface area contributed by atoms with E-state index in [1.807, 2.05) is 6.92 Å².